The molecule has 3 aromatic carbocycles. The predicted octanol–water partition coefficient (Wildman–Crippen LogP) is 5.81. The van der Waals surface area contributed by atoms with Crippen molar-refractivity contribution < 1.29 is 14.3 Å². The van der Waals surface area contributed by atoms with Crippen molar-refractivity contribution in [1.29, 1.82) is 0 Å². The summed E-state index contributed by atoms with van der Waals surface area (Å²) in [7, 11) is 1.53. The van der Waals surface area contributed by atoms with Crippen LogP contribution in [0.15, 0.2) is 85.2 Å². The van der Waals surface area contributed by atoms with E-state index in [9.17, 15) is 9.59 Å². The van der Waals surface area contributed by atoms with Crippen LogP contribution in [0.2, 0.25) is 0 Å². The normalized spacial score (nSPS) is 10.5. The molecule has 0 bridgehead atoms. The third-order valence-corrected chi connectivity index (χ3v) is 5.41. The highest BCUT2D eigenvalue weighted by Gasteiger charge is 2.14. The topological polar surface area (TPSA) is 93.2 Å². The molecule has 2 N–H and O–H groups in total. The van der Waals surface area contributed by atoms with Crippen LogP contribution in [0.1, 0.15) is 28.8 Å². The van der Waals surface area contributed by atoms with Gasteiger partial charge in [-0.25, -0.2) is 9.97 Å². The smallest absolute Gasteiger partial charge is 0.224 e. The van der Waals surface area contributed by atoms with Gasteiger partial charge in [0.05, 0.1) is 18.4 Å². The molecule has 4 rings (SSSR count). The van der Waals surface area contributed by atoms with Gasteiger partial charge in [0, 0.05) is 35.8 Å². The third kappa shape index (κ3) is 6.29. The Labute approximate surface area is 204 Å². The number of carbonyl (C=O) groups is 2. The summed E-state index contributed by atoms with van der Waals surface area (Å²) in [6.07, 6.45) is 1.70. The quantitative estimate of drug-likeness (QED) is 0.303. The van der Waals surface area contributed by atoms with E-state index in [1.165, 1.54) is 13.4 Å². The summed E-state index contributed by atoms with van der Waals surface area (Å²) in [6.45, 7) is 1.91. The second-order valence-corrected chi connectivity index (χ2v) is 8.03. The van der Waals surface area contributed by atoms with Crippen molar-refractivity contribution in [1.82, 2.24) is 9.97 Å². The zero-order valence-corrected chi connectivity index (χ0v) is 19.6. The van der Waals surface area contributed by atoms with Crippen molar-refractivity contribution in [2.45, 2.75) is 19.8 Å². The van der Waals surface area contributed by atoms with Crippen molar-refractivity contribution >= 4 is 28.9 Å². The van der Waals surface area contributed by atoms with E-state index in [4.69, 9.17) is 4.74 Å². The fourth-order valence-corrected chi connectivity index (χ4v) is 3.60. The van der Waals surface area contributed by atoms with Crippen LogP contribution in [0.25, 0.3) is 11.3 Å². The van der Waals surface area contributed by atoms with E-state index in [0.29, 0.717) is 22.8 Å². The number of amides is 1. The first-order chi connectivity index (χ1) is 17.0. The van der Waals surface area contributed by atoms with Crippen LogP contribution in [-0.4, -0.2) is 28.8 Å². The molecule has 1 heterocycles. The number of benzene rings is 3. The standard InChI is InChI=1S/C28H26N4O3/c1-19-8-14-26(35-2)23(16-19)25(33)13-15-28(34)32-22-11-9-21(10-12-22)31-27-17-24(29-18-30-27)20-6-4-3-5-7-20/h3-12,14,16-18H,13,15H2,1-2H3,(H,32,34)(H,29,30,31). The molecule has 35 heavy (non-hydrogen) atoms. The lowest BCUT2D eigenvalue weighted by Gasteiger charge is -2.10. The first kappa shape index (κ1) is 23.6. The Morgan fingerprint density at radius 3 is 2.34 bits per heavy atom. The van der Waals surface area contributed by atoms with Gasteiger partial charge in [0.15, 0.2) is 5.78 Å². The number of methoxy groups -OCH3 is 1. The molecule has 0 aliphatic rings. The number of nitrogens with zero attached hydrogens (tertiary/aromatic N) is 2. The average Bonchev–Trinajstić information content (AvgIpc) is 2.89. The van der Waals surface area contributed by atoms with Crippen molar-refractivity contribution in [2.24, 2.45) is 0 Å². The molecule has 176 valence electrons. The maximum Gasteiger partial charge on any atom is 0.224 e. The lowest BCUT2D eigenvalue weighted by Crippen LogP contribution is -2.14. The Morgan fingerprint density at radius 2 is 1.60 bits per heavy atom. The second kappa shape index (κ2) is 11.1. The Balaban J connectivity index is 1.32. The molecule has 0 radical (unpaired) electrons. The van der Waals surface area contributed by atoms with Gasteiger partial charge in [-0.05, 0) is 43.3 Å². The first-order valence-corrected chi connectivity index (χ1v) is 11.2. The van der Waals surface area contributed by atoms with E-state index in [2.05, 4.69) is 20.6 Å². The first-order valence-electron chi connectivity index (χ1n) is 11.2. The Kier molecular flexibility index (Phi) is 7.47. The highest BCUT2D eigenvalue weighted by molar-refractivity contribution is 6.02. The molecule has 0 aliphatic heterocycles. The van der Waals surface area contributed by atoms with Gasteiger partial charge in [-0.15, -0.1) is 0 Å². The molecule has 7 heteroatoms. The number of ketones is 1. The largest absolute Gasteiger partial charge is 0.496 e. The molecular formula is C28H26N4O3. The Bertz CT molecular complexity index is 1320. The van der Waals surface area contributed by atoms with Crippen LogP contribution in [0, 0.1) is 6.92 Å². The van der Waals surface area contributed by atoms with E-state index in [0.717, 1.165) is 22.5 Å². The number of aromatic nitrogens is 2. The summed E-state index contributed by atoms with van der Waals surface area (Å²) in [4.78, 5) is 33.6. The number of hydrogen-bond acceptors (Lipinski definition) is 6. The number of Topliss-reactive ketones (excluding diaryl/α,β-unsaturated/α-hetero) is 1. The monoisotopic (exact) mass is 466 g/mol. The lowest BCUT2D eigenvalue weighted by molar-refractivity contribution is -0.116. The molecule has 0 saturated heterocycles. The molecule has 1 aromatic heterocycles. The fraction of sp³-hybridized carbons (Fsp3) is 0.143. The molecule has 1 amide bonds. The zero-order valence-electron chi connectivity index (χ0n) is 19.6. The summed E-state index contributed by atoms with van der Waals surface area (Å²) in [6, 6.07) is 24.5. The number of nitrogens with one attached hydrogen (secondary N) is 2. The van der Waals surface area contributed by atoms with Crippen molar-refractivity contribution in [2.75, 3.05) is 17.7 Å². The minimum Gasteiger partial charge on any atom is -0.496 e. The molecule has 0 aliphatic carbocycles. The minimum atomic E-state index is -0.228. The molecule has 0 fully saturated rings. The van der Waals surface area contributed by atoms with Crippen LogP contribution in [0.4, 0.5) is 17.2 Å². The van der Waals surface area contributed by atoms with Gasteiger partial charge in [-0.3, -0.25) is 9.59 Å². The SMILES string of the molecule is COc1ccc(C)cc1C(=O)CCC(=O)Nc1ccc(Nc2cc(-c3ccccc3)ncn2)cc1. The second-order valence-electron chi connectivity index (χ2n) is 8.03. The van der Waals surface area contributed by atoms with Crippen LogP contribution >= 0.6 is 0 Å². The van der Waals surface area contributed by atoms with Crippen molar-refractivity contribution in [3.05, 3.63) is 96.3 Å². The summed E-state index contributed by atoms with van der Waals surface area (Å²) in [5, 5.41) is 6.08. The number of hydrogen-bond donors (Lipinski definition) is 2. The molecule has 7 nitrogen and oxygen atoms in total. The van der Waals surface area contributed by atoms with Gasteiger partial charge >= 0.3 is 0 Å². The Morgan fingerprint density at radius 1 is 0.857 bits per heavy atom. The number of ether oxygens (including phenoxy) is 1. The minimum absolute atomic E-state index is 0.0825. The van der Waals surface area contributed by atoms with Gasteiger partial charge in [-0.2, -0.15) is 0 Å². The maximum atomic E-state index is 12.6. The van der Waals surface area contributed by atoms with E-state index < -0.39 is 0 Å². The van der Waals surface area contributed by atoms with Crippen LogP contribution < -0.4 is 15.4 Å². The third-order valence-electron chi connectivity index (χ3n) is 5.41. The summed E-state index contributed by atoms with van der Waals surface area (Å²) < 4.78 is 5.27. The van der Waals surface area contributed by atoms with Gasteiger partial charge < -0.3 is 15.4 Å². The van der Waals surface area contributed by atoms with Gasteiger partial charge in [0.25, 0.3) is 0 Å². The summed E-state index contributed by atoms with van der Waals surface area (Å²) in [5.74, 6) is 0.832. The number of rotatable bonds is 9. The van der Waals surface area contributed by atoms with Gasteiger partial charge in [-0.1, -0.05) is 42.0 Å². The summed E-state index contributed by atoms with van der Waals surface area (Å²) in [5.41, 5.74) is 4.76. The predicted molar refractivity (Wildman–Crippen MR) is 137 cm³/mol. The highest BCUT2D eigenvalue weighted by atomic mass is 16.5. The van der Waals surface area contributed by atoms with E-state index >= 15 is 0 Å². The van der Waals surface area contributed by atoms with Crippen molar-refractivity contribution in [3.8, 4) is 17.0 Å². The molecule has 0 saturated carbocycles. The molecule has 0 unspecified atom stereocenters. The highest BCUT2D eigenvalue weighted by Crippen LogP contribution is 2.23. The number of anilines is 3. The Hall–Kier alpha value is -4.52. The molecule has 4 aromatic rings. The van der Waals surface area contributed by atoms with E-state index in [-0.39, 0.29) is 24.5 Å². The van der Waals surface area contributed by atoms with Crippen molar-refractivity contribution in [3.63, 3.8) is 0 Å². The van der Waals surface area contributed by atoms with Crippen LogP contribution in [0.3, 0.4) is 0 Å². The molecule has 0 atom stereocenters. The fourth-order valence-electron chi connectivity index (χ4n) is 3.60. The molecule has 0 spiro atoms. The van der Waals surface area contributed by atoms with Crippen LogP contribution in [-0.2, 0) is 4.79 Å². The van der Waals surface area contributed by atoms with Gasteiger partial charge in [0.2, 0.25) is 5.91 Å². The van der Waals surface area contributed by atoms with E-state index in [1.807, 2.05) is 61.5 Å². The van der Waals surface area contributed by atoms with Gasteiger partial charge in [0.1, 0.15) is 17.9 Å². The molecular weight excluding hydrogens is 440 g/mol. The average molecular weight is 467 g/mol. The summed E-state index contributed by atoms with van der Waals surface area (Å²) >= 11 is 0. The van der Waals surface area contributed by atoms with Crippen LogP contribution in [0.5, 0.6) is 5.75 Å². The van der Waals surface area contributed by atoms with E-state index in [1.54, 1.807) is 24.3 Å². The number of aryl methyl sites for hydroxylation is 1. The maximum absolute atomic E-state index is 12.6. The zero-order chi connectivity index (χ0) is 24.6. The number of carbonyl (C=O) groups excluding carboxylic acids is 2. The lowest BCUT2D eigenvalue weighted by atomic mass is 10.0.